The maximum Gasteiger partial charge on any atom is 0.264 e. The van der Waals surface area contributed by atoms with Gasteiger partial charge in [0.1, 0.15) is 9.09 Å². The SMILES string of the molecule is Nc1nc2c(c(I)nn2[C@H]2CC[C@H](CO)O2)c(=O)[nH]1. The number of nitrogens with two attached hydrogens (primary N) is 1. The predicted molar refractivity (Wildman–Crippen MR) is 75.5 cm³/mol. The zero-order valence-electron chi connectivity index (χ0n) is 9.84. The number of rotatable bonds is 2. The van der Waals surface area contributed by atoms with Crippen LogP contribution in [0.2, 0.25) is 0 Å². The quantitative estimate of drug-likeness (QED) is 0.633. The van der Waals surface area contributed by atoms with E-state index in [0.717, 1.165) is 6.42 Å². The summed E-state index contributed by atoms with van der Waals surface area (Å²) in [4.78, 5) is 18.4. The highest BCUT2D eigenvalue weighted by molar-refractivity contribution is 14.1. The summed E-state index contributed by atoms with van der Waals surface area (Å²) in [5.41, 5.74) is 5.66. The Morgan fingerprint density at radius 1 is 1.58 bits per heavy atom. The van der Waals surface area contributed by atoms with Crippen LogP contribution in [0.5, 0.6) is 0 Å². The summed E-state index contributed by atoms with van der Waals surface area (Å²) in [5, 5.41) is 13.8. The van der Waals surface area contributed by atoms with E-state index in [1.807, 2.05) is 22.6 Å². The number of aliphatic hydroxyl groups excluding tert-OH is 1. The highest BCUT2D eigenvalue weighted by Crippen LogP contribution is 2.30. The fourth-order valence-corrected chi connectivity index (χ4v) is 2.94. The van der Waals surface area contributed by atoms with E-state index in [9.17, 15) is 4.79 Å². The fourth-order valence-electron chi connectivity index (χ4n) is 2.22. The van der Waals surface area contributed by atoms with Crippen LogP contribution in [0.3, 0.4) is 0 Å². The lowest BCUT2D eigenvalue weighted by atomic mass is 10.2. The third-order valence-corrected chi connectivity index (χ3v) is 3.85. The number of halogens is 1. The maximum absolute atomic E-state index is 11.9. The van der Waals surface area contributed by atoms with Gasteiger partial charge in [-0.05, 0) is 35.4 Å². The Bertz CT molecular complexity index is 682. The fraction of sp³-hybridized carbons (Fsp3) is 0.500. The van der Waals surface area contributed by atoms with E-state index in [-0.39, 0.29) is 30.4 Å². The monoisotopic (exact) mass is 377 g/mol. The number of H-pyrrole nitrogens is 1. The van der Waals surface area contributed by atoms with Crippen molar-refractivity contribution < 1.29 is 9.84 Å². The van der Waals surface area contributed by atoms with E-state index in [1.165, 1.54) is 0 Å². The molecule has 19 heavy (non-hydrogen) atoms. The van der Waals surface area contributed by atoms with Crippen molar-refractivity contribution in [1.82, 2.24) is 19.7 Å². The molecule has 4 N–H and O–H groups in total. The molecule has 0 unspecified atom stereocenters. The van der Waals surface area contributed by atoms with Gasteiger partial charge in [0.25, 0.3) is 5.56 Å². The van der Waals surface area contributed by atoms with Crippen LogP contribution in [0, 0.1) is 3.70 Å². The van der Waals surface area contributed by atoms with Crippen molar-refractivity contribution in [2.24, 2.45) is 0 Å². The maximum atomic E-state index is 11.9. The first-order valence-corrected chi connectivity index (χ1v) is 6.88. The van der Waals surface area contributed by atoms with Crippen LogP contribution >= 0.6 is 22.6 Å². The number of hydrogen-bond acceptors (Lipinski definition) is 6. The lowest BCUT2D eigenvalue weighted by Gasteiger charge is -2.12. The molecule has 2 atom stereocenters. The van der Waals surface area contributed by atoms with Gasteiger partial charge in [0.05, 0.1) is 12.7 Å². The standard InChI is InChI=1S/C10H12IN5O3/c11-7-6-8(13-10(12)14-9(6)18)16(15-7)5-2-1-4(3-17)19-5/h4-5,17H,1-3H2,(H3,12,13,14,18)/t4-,5-/m1/s1. The second-order valence-electron chi connectivity index (χ2n) is 4.36. The van der Waals surface area contributed by atoms with E-state index in [2.05, 4.69) is 15.1 Å². The molecule has 0 saturated carbocycles. The van der Waals surface area contributed by atoms with Gasteiger partial charge in [-0.15, -0.1) is 0 Å². The number of anilines is 1. The Labute approximate surface area is 121 Å². The van der Waals surface area contributed by atoms with Crippen molar-refractivity contribution in [3.8, 4) is 0 Å². The average Bonchev–Trinajstić information content (AvgIpc) is 2.93. The molecule has 1 fully saturated rings. The van der Waals surface area contributed by atoms with E-state index in [4.69, 9.17) is 15.6 Å². The minimum Gasteiger partial charge on any atom is -0.394 e. The third kappa shape index (κ3) is 2.11. The second-order valence-corrected chi connectivity index (χ2v) is 5.38. The molecule has 0 radical (unpaired) electrons. The largest absolute Gasteiger partial charge is 0.394 e. The van der Waals surface area contributed by atoms with E-state index in [1.54, 1.807) is 4.68 Å². The van der Waals surface area contributed by atoms with Crippen molar-refractivity contribution in [3.63, 3.8) is 0 Å². The van der Waals surface area contributed by atoms with Crippen LogP contribution < -0.4 is 11.3 Å². The number of aromatic nitrogens is 4. The van der Waals surface area contributed by atoms with Gasteiger partial charge in [0.2, 0.25) is 5.95 Å². The van der Waals surface area contributed by atoms with Gasteiger partial charge in [0.15, 0.2) is 11.9 Å². The van der Waals surface area contributed by atoms with Gasteiger partial charge in [-0.3, -0.25) is 9.78 Å². The summed E-state index contributed by atoms with van der Waals surface area (Å²) in [5.74, 6) is 0.0479. The van der Waals surface area contributed by atoms with Crippen molar-refractivity contribution in [2.45, 2.75) is 25.2 Å². The number of nitrogens with zero attached hydrogens (tertiary/aromatic N) is 3. The Morgan fingerprint density at radius 2 is 2.37 bits per heavy atom. The molecule has 102 valence electrons. The number of ether oxygens (including phenoxy) is 1. The molecule has 0 aromatic carbocycles. The van der Waals surface area contributed by atoms with Gasteiger partial charge in [-0.25, -0.2) is 4.68 Å². The second kappa shape index (κ2) is 4.72. The summed E-state index contributed by atoms with van der Waals surface area (Å²) < 4.78 is 7.77. The molecule has 0 aliphatic carbocycles. The normalized spacial score (nSPS) is 23.3. The molecule has 0 bridgehead atoms. The highest BCUT2D eigenvalue weighted by atomic mass is 127. The lowest BCUT2D eigenvalue weighted by molar-refractivity contribution is -0.0264. The molecule has 2 aromatic heterocycles. The molecule has 1 aliphatic rings. The Kier molecular flexibility index (Phi) is 3.19. The van der Waals surface area contributed by atoms with Gasteiger partial charge < -0.3 is 15.6 Å². The molecule has 2 aromatic rings. The smallest absolute Gasteiger partial charge is 0.264 e. The average molecular weight is 377 g/mol. The van der Waals surface area contributed by atoms with Crippen LogP contribution in [-0.2, 0) is 4.74 Å². The van der Waals surface area contributed by atoms with E-state index >= 15 is 0 Å². The molecule has 0 spiro atoms. The zero-order chi connectivity index (χ0) is 13.6. The number of nitrogens with one attached hydrogen (secondary N) is 1. The molecule has 3 rings (SSSR count). The molecule has 9 heteroatoms. The first-order chi connectivity index (χ1) is 9.10. The van der Waals surface area contributed by atoms with Gasteiger partial charge in [0, 0.05) is 0 Å². The Balaban J connectivity index is 2.12. The van der Waals surface area contributed by atoms with Crippen LogP contribution in [0.4, 0.5) is 5.95 Å². The summed E-state index contributed by atoms with van der Waals surface area (Å²) in [7, 11) is 0. The van der Waals surface area contributed by atoms with Gasteiger partial charge >= 0.3 is 0 Å². The Morgan fingerprint density at radius 3 is 3.05 bits per heavy atom. The number of hydrogen-bond donors (Lipinski definition) is 3. The molecule has 1 aliphatic heterocycles. The van der Waals surface area contributed by atoms with Crippen LogP contribution in [0.15, 0.2) is 4.79 Å². The first-order valence-electron chi connectivity index (χ1n) is 5.80. The van der Waals surface area contributed by atoms with Gasteiger partial charge in [-0.2, -0.15) is 10.1 Å². The summed E-state index contributed by atoms with van der Waals surface area (Å²) in [6, 6.07) is 0. The highest BCUT2D eigenvalue weighted by Gasteiger charge is 2.29. The molecule has 8 nitrogen and oxygen atoms in total. The summed E-state index contributed by atoms with van der Waals surface area (Å²) in [6.07, 6.45) is 0.947. The summed E-state index contributed by atoms with van der Waals surface area (Å²) in [6.45, 7) is -0.0249. The summed E-state index contributed by atoms with van der Waals surface area (Å²) >= 11 is 1.98. The molecular formula is C10H12IN5O3. The number of aliphatic hydroxyl groups is 1. The topological polar surface area (TPSA) is 119 Å². The zero-order valence-corrected chi connectivity index (χ0v) is 12.0. The van der Waals surface area contributed by atoms with Gasteiger partial charge in [-0.1, -0.05) is 0 Å². The minimum atomic E-state index is -0.322. The number of aromatic amines is 1. The first kappa shape index (κ1) is 12.8. The number of nitrogen functional groups attached to an aromatic ring is 1. The van der Waals surface area contributed by atoms with Crippen LogP contribution in [0.25, 0.3) is 11.0 Å². The predicted octanol–water partition coefficient (Wildman–Crippen LogP) is -0.0237. The minimum absolute atomic E-state index is 0.0249. The van der Waals surface area contributed by atoms with Crippen molar-refractivity contribution in [2.75, 3.05) is 12.3 Å². The molecular weight excluding hydrogens is 365 g/mol. The Hall–Kier alpha value is -1.20. The molecule has 3 heterocycles. The van der Waals surface area contributed by atoms with Crippen molar-refractivity contribution >= 4 is 39.6 Å². The van der Waals surface area contributed by atoms with E-state index < -0.39 is 0 Å². The van der Waals surface area contributed by atoms with Crippen LogP contribution in [-0.4, -0.2) is 37.6 Å². The van der Waals surface area contributed by atoms with Crippen molar-refractivity contribution in [3.05, 3.63) is 14.1 Å². The molecule has 1 saturated heterocycles. The van der Waals surface area contributed by atoms with Crippen LogP contribution in [0.1, 0.15) is 19.1 Å². The molecule has 0 amide bonds. The van der Waals surface area contributed by atoms with Crippen molar-refractivity contribution in [1.29, 1.82) is 0 Å². The lowest BCUT2D eigenvalue weighted by Crippen LogP contribution is -2.17. The van der Waals surface area contributed by atoms with E-state index in [0.29, 0.717) is 21.2 Å². The third-order valence-electron chi connectivity index (χ3n) is 3.10. The number of fused-ring (bicyclic) bond motifs is 1.